The second kappa shape index (κ2) is 7.27. The van der Waals surface area contributed by atoms with Gasteiger partial charge in [-0.25, -0.2) is 0 Å². The molecule has 21 heavy (non-hydrogen) atoms. The van der Waals surface area contributed by atoms with E-state index in [0.29, 0.717) is 11.5 Å². The molecular weight excluding hydrogens is 330 g/mol. The third kappa shape index (κ3) is 3.85. The first-order chi connectivity index (χ1) is 10.2. The van der Waals surface area contributed by atoms with Crippen LogP contribution in [0.5, 0.6) is 11.5 Å². The maximum atomic E-state index is 5.32. The van der Waals surface area contributed by atoms with Crippen molar-refractivity contribution in [3.63, 3.8) is 0 Å². The lowest BCUT2D eigenvalue weighted by Gasteiger charge is -2.10. The summed E-state index contributed by atoms with van der Waals surface area (Å²) in [5, 5.41) is 0. The first kappa shape index (κ1) is 15.6. The predicted octanol–water partition coefficient (Wildman–Crippen LogP) is 4.78. The SMILES string of the molecule is CCc1ccc(N=Cc2cc(Br)c(OC)c(OC)c2)cc1. The van der Waals surface area contributed by atoms with Gasteiger partial charge in [0, 0.05) is 6.21 Å². The number of aliphatic imine (C=N–C) groups is 1. The summed E-state index contributed by atoms with van der Waals surface area (Å²) in [4.78, 5) is 4.48. The minimum Gasteiger partial charge on any atom is -0.493 e. The Hall–Kier alpha value is -1.81. The monoisotopic (exact) mass is 347 g/mol. The van der Waals surface area contributed by atoms with E-state index in [0.717, 1.165) is 22.1 Å². The molecule has 0 aliphatic rings. The van der Waals surface area contributed by atoms with Crippen LogP contribution in [0.4, 0.5) is 5.69 Å². The van der Waals surface area contributed by atoms with Crippen molar-refractivity contribution < 1.29 is 9.47 Å². The largest absolute Gasteiger partial charge is 0.493 e. The molecule has 0 bridgehead atoms. The number of aryl methyl sites for hydroxylation is 1. The number of ether oxygens (including phenoxy) is 2. The van der Waals surface area contributed by atoms with Crippen LogP contribution in [-0.4, -0.2) is 20.4 Å². The molecule has 110 valence electrons. The fourth-order valence-electron chi connectivity index (χ4n) is 1.98. The Labute approximate surface area is 133 Å². The molecule has 0 radical (unpaired) electrons. The Balaban J connectivity index is 2.25. The van der Waals surface area contributed by atoms with E-state index in [1.165, 1.54) is 5.56 Å². The standard InChI is InChI=1S/C17H18BrNO2/c1-4-12-5-7-14(8-6-12)19-11-13-9-15(18)17(21-3)16(10-13)20-2/h5-11H,4H2,1-3H3. The quantitative estimate of drug-likeness (QED) is 0.728. The van der Waals surface area contributed by atoms with Crippen LogP contribution in [0.25, 0.3) is 0 Å². The molecule has 0 heterocycles. The second-order valence-corrected chi connectivity index (χ2v) is 5.37. The summed E-state index contributed by atoms with van der Waals surface area (Å²) in [6, 6.07) is 12.1. The van der Waals surface area contributed by atoms with Crippen molar-refractivity contribution in [1.29, 1.82) is 0 Å². The van der Waals surface area contributed by atoms with Gasteiger partial charge in [0.2, 0.25) is 0 Å². The lowest BCUT2D eigenvalue weighted by Crippen LogP contribution is -1.93. The molecule has 0 saturated heterocycles. The van der Waals surface area contributed by atoms with Crippen LogP contribution < -0.4 is 9.47 Å². The summed E-state index contributed by atoms with van der Waals surface area (Å²) in [5.41, 5.74) is 3.18. The van der Waals surface area contributed by atoms with E-state index in [1.807, 2.05) is 30.5 Å². The first-order valence-electron chi connectivity index (χ1n) is 6.72. The van der Waals surface area contributed by atoms with E-state index in [-0.39, 0.29) is 0 Å². The van der Waals surface area contributed by atoms with Crippen LogP contribution in [0.2, 0.25) is 0 Å². The first-order valence-corrected chi connectivity index (χ1v) is 7.51. The fraction of sp³-hybridized carbons (Fsp3) is 0.235. The zero-order valence-electron chi connectivity index (χ0n) is 12.4. The molecule has 2 aromatic rings. The predicted molar refractivity (Wildman–Crippen MR) is 90.3 cm³/mol. The number of hydrogen-bond acceptors (Lipinski definition) is 3. The molecular formula is C17H18BrNO2. The Morgan fingerprint density at radius 2 is 1.81 bits per heavy atom. The van der Waals surface area contributed by atoms with Gasteiger partial charge in [0.1, 0.15) is 0 Å². The molecule has 0 unspecified atom stereocenters. The lowest BCUT2D eigenvalue weighted by atomic mass is 10.1. The van der Waals surface area contributed by atoms with Gasteiger partial charge in [0.05, 0.1) is 24.4 Å². The molecule has 2 aromatic carbocycles. The van der Waals surface area contributed by atoms with Gasteiger partial charge in [0.15, 0.2) is 11.5 Å². The van der Waals surface area contributed by atoms with Crippen molar-refractivity contribution in [3.8, 4) is 11.5 Å². The molecule has 0 saturated carbocycles. The van der Waals surface area contributed by atoms with E-state index in [4.69, 9.17) is 9.47 Å². The number of hydrogen-bond donors (Lipinski definition) is 0. The van der Waals surface area contributed by atoms with Gasteiger partial charge in [-0.05, 0) is 57.7 Å². The van der Waals surface area contributed by atoms with E-state index < -0.39 is 0 Å². The summed E-state index contributed by atoms with van der Waals surface area (Å²) >= 11 is 3.48. The maximum absolute atomic E-state index is 5.32. The zero-order valence-corrected chi connectivity index (χ0v) is 14.0. The number of halogens is 1. The molecule has 4 heteroatoms. The molecule has 0 spiro atoms. The molecule has 2 rings (SSSR count). The van der Waals surface area contributed by atoms with Crippen LogP contribution in [0.1, 0.15) is 18.1 Å². The molecule has 0 aliphatic heterocycles. The van der Waals surface area contributed by atoms with Crippen LogP contribution in [0.15, 0.2) is 45.9 Å². The average Bonchev–Trinajstić information content (AvgIpc) is 2.52. The number of benzene rings is 2. The van der Waals surface area contributed by atoms with Crippen molar-refractivity contribution in [2.75, 3.05) is 14.2 Å². The van der Waals surface area contributed by atoms with Gasteiger partial charge >= 0.3 is 0 Å². The maximum Gasteiger partial charge on any atom is 0.174 e. The van der Waals surface area contributed by atoms with Gasteiger partial charge in [0.25, 0.3) is 0 Å². The van der Waals surface area contributed by atoms with Gasteiger partial charge < -0.3 is 9.47 Å². The number of rotatable bonds is 5. The summed E-state index contributed by atoms with van der Waals surface area (Å²) < 4.78 is 11.5. The van der Waals surface area contributed by atoms with Crippen LogP contribution >= 0.6 is 15.9 Å². The minimum atomic E-state index is 0.676. The van der Waals surface area contributed by atoms with E-state index >= 15 is 0 Å². The molecule has 3 nitrogen and oxygen atoms in total. The number of methoxy groups -OCH3 is 2. The Morgan fingerprint density at radius 1 is 1.10 bits per heavy atom. The van der Waals surface area contributed by atoms with Crippen molar-refractivity contribution >= 4 is 27.8 Å². The van der Waals surface area contributed by atoms with Gasteiger partial charge in [-0.2, -0.15) is 0 Å². The summed E-state index contributed by atoms with van der Waals surface area (Å²) in [6.45, 7) is 2.14. The molecule has 0 amide bonds. The van der Waals surface area contributed by atoms with E-state index in [1.54, 1.807) is 14.2 Å². The molecule has 0 aromatic heterocycles. The average molecular weight is 348 g/mol. The third-order valence-electron chi connectivity index (χ3n) is 3.16. The highest BCUT2D eigenvalue weighted by molar-refractivity contribution is 9.10. The highest BCUT2D eigenvalue weighted by Gasteiger charge is 2.09. The molecule has 0 atom stereocenters. The van der Waals surface area contributed by atoms with Gasteiger partial charge in [-0.3, -0.25) is 4.99 Å². The topological polar surface area (TPSA) is 30.8 Å². The minimum absolute atomic E-state index is 0.676. The summed E-state index contributed by atoms with van der Waals surface area (Å²) in [6.07, 6.45) is 2.85. The van der Waals surface area contributed by atoms with E-state index in [2.05, 4.69) is 40.0 Å². The van der Waals surface area contributed by atoms with E-state index in [9.17, 15) is 0 Å². The van der Waals surface area contributed by atoms with Crippen LogP contribution in [-0.2, 0) is 6.42 Å². The fourth-order valence-corrected chi connectivity index (χ4v) is 2.60. The normalized spacial score (nSPS) is 10.9. The van der Waals surface area contributed by atoms with Gasteiger partial charge in [-0.1, -0.05) is 19.1 Å². The Kier molecular flexibility index (Phi) is 5.39. The Morgan fingerprint density at radius 3 is 2.38 bits per heavy atom. The van der Waals surface area contributed by atoms with Crippen molar-refractivity contribution in [1.82, 2.24) is 0 Å². The van der Waals surface area contributed by atoms with Crippen LogP contribution in [0, 0.1) is 0 Å². The van der Waals surface area contributed by atoms with Gasteiger partial charge in [-0.15, -0.1) is 0 Å². The molecule has 0 fully saturated rings. The number of nitrogens with zero attached hydrogens (tertiary/aromatic N) is 1. The highest BCUT2D eigenvalue weighted by atomic mass is 79.9. The second-order valence-electron chi connectivity index (χ2n) is 4.52. The summed E-state index contributed by atoms with van der Waals surface area (Å²) in [7, 11) is 3.24. The summed E-state index contributed by atoms with van der Waals surface area (Å²) in [5.74, 6) is 1.36. The highest BCUT2D eigenvalue weighted by Crippen LogP contribution is 2.35. The Bertz CT molecular complexity index is 636. The lowest BCUT2D eigenvalue weighted by molar-refractivity contribution is 0.353. The van der Waals surface area contributed by atoms with Crippen molar-refractivity contribution in [3.05, 3.63) is 52.0 Å². The zero-order chi connectivity index (χ0) is 15.2. The van der Waals surface area contributed by atoms with Crippen LogP contribution in [0.3, 0.4) is 0 Å². The third-order valence-corrected chi connectivity index (χ3v) is 3.75. The van der Waals surface area contributed by atoms with Crippen molar-refractivity contribution in [2.45, 2.75) is 13.3 Å². The molecule has 0 N–H and O–H groups in total. The van der Waals surface area contributed by atoms with Crippen molar-refractivity contribution in [2.24, 2.45) is 4.99 Å². The molecule has 0 aliphatic carbocycles. The smallest absolute Gasteiger partial charge is 0.174 e.